The number of aliphatic hydroxyl groups excluding tert-OH is 9. The Balaban J connectivity index is 1.88. The topological polar surface area (TPSA) is 275 Å². The Labute approximate surface area is 203 Å². The molecule has 0 aromatic carbocycles. The normalized spacial score (nSPS) is 50.1. The summed E-state index contributed by atoms with van der Waals surface area (Å²) in [5.41, 5.74) is 0. The van der Waals surface area contributed by atoms with E-state index in [1.54, 1.807) is 0 Å². The molecule has 36 heavy (non-hydrogen) atoms. The lowest BCUT2D eigenvalue weighted by Gasteiger charge is -2.48. The minimum Gasteiger partial charge on any atom is -0.479 e. The van der Waals surface area contributed by atoms with Gasteiger partial charge in [0.25, 0.3) is 0 Å². The molecule has 15 atom stereocenters. The third kappa shape index (κ3) is 5.65. The van der Waals surface area contributed by atoms with Crippen molar-refractivity contribution in [1.29, 1.82) is 0 Å². The molecular weight excluding hydrogens is 500 g/mol. The zero-order chi connectivity index (χ0) is 26.9. The van der Waals surface area contributed by atoms with Crippen molar-refractivity contribution in [2.24, 2.45) is 0 Å². The number of carboxylic acid groups (broad SMARTS) is 1. The number of ether oxygens (including phenoxy) is 6. The summed E-state index contributed by atoms with van der Waals surface area (Å²) in [4.78, 5) is 11.4. The van der Waals surface area contributed by atoms with E-state index in [0.717, 1.165) is 7.11 Å². The van der Waals surface area contributed by atoms with E-state index in [-0.39, 0.29) is 0 Å². The van der Waals surface area contributed by atoms with E-state index in [2.05, 4.69) is 0 Å². The van der Waals surface area contributed by atoms with Crippen molar-refractivity contribution in [3.05, 3.63) is 0 Å². The molecule has 17 heteroatoms. The minimum absolute atomic E-state index is 0.753. The average Bonchev–Trinajstić information content (AvgIpc) is 2.86. The van der Waals surface area contributed by atoms with Crippen LogP contribution in [-0.2, 0) is 33.2 Å². The molecule has 17 nitrogen and oxygen atoms in total. The lowest BCUT2D eigenvalue weighted by Crippen LogP contribution is -2.67. The lowest BCUT2D eigenvalue weighted by atomic mass is 9.96. The van der Waals surface area contributed by atoms with E-state index in [1.165, 1.54) is 0 Å². The summed E-state index contributed by atoms with van der Waals surface area (Å²) >= 11 is 0. The molecule has 0 bridgehead atoms. The maximum Gasteiger partial charge on any atom is 0.335 e. The van der Waals surface area contributed by atoms with E-state index < -0.39 is 111 Å². The van der Waals surface area contributed by atoms with E-state index in [4.69, 9.17) is 28.4 Å². The van der Waals surface area contributed by atoms with E-state index >= 15 is 0 Å². The smallest absolute Gasteiger partial charge is 0.335 e. The number of carboxylic acids is 1. The minimum atomic E-state index is -2.02. The molecule has 210 valence electrons. The molecule has 3 saturated heterocycles. The highest BCUT2D eigenvalue weighted by atomic mass is 16.8. The predicted octanol–water partition coefficient (Wildman–Crippen LogP) is -6.83. The average molecular weight is 532 g/mol. The molecule has 0 spiro atoms. The van der Waals surface area contributed by atoms with Gasteiger partial charge in [-0.3, -0.25) is 0 Å². The largest absolute Gasteiger partial charge is 0.479 e. The molecule has 15 unspecified atom stereocenters. The molecule has 0 saturated carbocycles. The summed E-state index contributed by atoms with van der Waals surface area (Å²) in [6.07, 6.45) is -26.4. The van der Waals surface area contributed by atoms with Gasteiger partial charge in [0.2, 0.25) is 0 Å². The Hall–Kier alpha value is -1.13. The number of aliphatic carboxylic acids is 1. The lowest BCUT2D eigenvalue weighted by molar-refractivity contribution is -0.388. The number of aliphatic hydroxyl groups is 9. The van der Waals surface area contributed by atoms with Crippen LogP contribution in [0.5, 0.6) is 0 Å². The summed E-state index contributed by atoms with van der Waals surface area (Å²) in [5.74, 6) is -1.68. The number of carbonyl (C=O) groups is 1. The Morgan fingerprint density at radius 1 is 0.639 bits per heavy atom. The second kappa shape index (κ2) is 12.2. The standard InChI is InChI=1S/C19H32O17/c1-31-19-15(36-18-12(28)9(25)10(26)14(35-18)16(29)30)13(7(23)5(3-21)33-19)34-17-11(27)8(24)6(22)4(2-20)32-17/h4-15,17-28H,2-3H2,1H3,(H,29,30). The summed E-state index contributed by atoms with van der Waals surface area (Å²) in [6, 6.07) is 0. The molecule has 3 rings (SSSR count). The van der Waals surface area contributed by atoms with E-state index in [9.17, 15) is 55.9 Å². The maximum atomic E-state index is 11.4. The van der Waals surface area contributed by atoms with Crippen LogP contribution >= 0.6 is 0 Å². The molecule has 3 heterocycles. The van der Waals surface area contributed by atoms with Crippen LogP contribution in [0.4, 0.5) is 0 Å². The molecule has 3 aliphatic heterocycles. The molecule has 0 radical (unpaired) electrons. The number of methoxy groups -OCH3 is 1. The van der Waals surface area contributed by atoms with Gasteiger partial charge in [0.1, 0.15) is 67.1 Å². The quantitative estimate of drug-likeness (QED) is 0.139. The van der Waals surface area contributed by atoms with Gasteiger partial charge in [0, 0.05) is 7.11 Å². The second-order valence-electron chi connectivity index (χ2n) is 8.59. The molecule has 0 amide bonds. The zero-order valence-corrected chi connectivity index (χ0v) is 18.9. The van der Waals surface area contributed by atoms with Crippen LogP contribution in [0.15, 0.2) is 0 Å². The van der Waals surface area contributed by atoms with Crippen LogP contribution in [0.3, 0.4) is 0 Å². The van der Waals surface area contributed by atoms with Crippen LogP contribution < -0.4 is 0 Å². The Bertz CT molecular complexity index is 724. The van der Waals surface area contributed by atoms with E-state index in [1.807, 2.05) is 0 Å². The van der Waals surface area contributed by atoms with Crippen molar-refractivity contribution >= 4 is 5.97 Å². The van der Waals surface area contributed by atoms with Crippen LogP contribution in [0, 0.1) is 0 Å². The van der Waals surface area contributed by atoms with Gasteiger partial charge in [-0.1, -0.05) is 0 Å². The molecule has 10 N–H and O–H groups in total. The van der Waals surface area contributed by atoms with Gasteiger partial charge in [-0.05, 0) is 0 Å². The highest BCUT2D eigenvalue weighted by Gasteiger charge is 2.55. The first kappa shape index (κ1) is 29.4. The molecule has 0 aromatic heterocycles. The molecule has 3 fully saturated rings. The first-order valence-corrected chi connectivity index (χ1v) is 11.0. The first-order valence-electron chi connectivity index (χ1n) is 11.0. The van der Waals surface area contributed by atoms with Crippen molar-refractivity contribution in [2.45, 2.75) is 92.1 Å². The Morgan fingerprint density at radius 3 is 1.64 bits per heavy atom. The maximum absolute atomic E-state index is 11.4. The van der Waals surface area contributed by atoms with Crippen molar-refractivity contribution in [2.75, 3.05) is 20.3 Å². The van der Waals surface area contributed by atoms with Crippen LogP contribution in [-0.4, -0.2) is 169 Å². The highest BCUT2D eigenvalue weighted by molar-refractivity contribution is 5.73. The van der Waals surface area contributed by atoms with Gasteiger partial charge in [-0.15, -0.1) is 0 Å². The van der Waals surface area contributed by atoms with Crippen LogP contribution in [0.2, 0.25) is 0 Å². The fraction of sp³-hybridized carbons (Fsp3) is 0.947. The zero-order valence-electron chi connectivity index (χ0n) is 18.9. The summed E-state index contributed by atoms with van der Waals surface area (Å²) in [7, 11) is 1.13. The summed E-state index contributed by atoms with van der Waals surface area (Å²) in [6.45, 7) is -1.53. The van der Waals surface area contributed by atoms with Gasteiger partial charge in [-0.2, -0.15) is 0 Å². The SMILES string of the molecule is COC1OC(CO)C(O)C(OC2OC(CO)C(O)C(O)C2O)C1OC1OC(C(=O)O)C(O)C(O)C1O. The molecule has 0 aromatic rings. The number of hydrogen-bond acceptors (Lipinski definition) is 16. The Kier molecular flexibility index (Phi) is 9.94. The second-order valence-corrected chi connectivity index (χ2v) is 8.59. The summed E-state index contributed by atoms with van der Waals surface area (Å²) in [5, 5.41) is 99.6. The van der Waals surface area contributed by atoms with Crippen LogP contribution in [0.1, 0.15) is 0 Å². The molecule has 0 aliphatic carbocycles. The van der Waals surface area contributed by atoms with Gasteiger partial charge in [0.15, 0.2) is 25.0 Å². The first-order chi connectivity index (χ1) is 17.0. The molecule has 3 aliphatic rings. The van der Waals surface area contributed by atoms with Crippen molar-refractivity contribution in [3.8, 4) is 0 Å². The van der Waals surface area contributed by atoms with Crippen molar-refractivity contribution < 1.29 is 84.3 Å². The fourth-order valence-electron chi connectivity index (χ4n) is 4.19. The van der Waals surface area contributed by atoms with Gasteiger partial charge < -0.3 is 79.5 Å². The molecular formula is C19H32O17. The van der Waals surface area contributed by atoms with E-state index in [0.29, 0.717) is 0 Å². The fourth-order valence-corrected chi connectivity index (χ4v) is 4.19. The Morgan fingerprint density at radius 2 is 1.11 bits per heavy atom. The third-order valence-corrected chi connectivity index (χ3v) is 6.27. The predicted molar refractivity (Wildman–Crippen MR) is 107 cm³/mol. The number of rotatable bonds is 8. The van der Waals surface area contributed by atoms with Crippen molar-refractivity contribution in [1.82, 2.24) is 0 Å². The summed E-state index contributed by atoms with van der Waals surface area (Å²) < 4.78 is 32.1. The third-order valence-electron chi connectivity index (χ3n) is 6.27. The van der Waals surface area contributed by atoms with Crippen molar-refractivity contribution in [3.63, 3.8) is 0 Å². The van der Waals surface area contributed by atoms with Gasteiger partial charge in [-0.25, -0.2) is 4.79 Å². The number of hydrogen-bond donors (Lipinski definition) is 10. The van der Waals surface area contributed by atoms with Gasteiger partial charge in [0.05, 0.1) is 13.2 Å². The highest BCUT2D eigenvalue weighted by Crippen LogP contribution is 2.33. The van der Waals surface area contributed by atoms with Gasteiger partial charge >= 0.3 is 5.97 Å². The van der Waals surface area contributed by atoms with Crippen LogP contribution in [0.25, 0.3) is 0 Å². The monoisotopic (exact) mass is 532 g/mol.